The summed E-state index contributed by atoms with van der Waals surface area (Å²) in [7, 11) is -3.51. The highest BCUT2D eigenvalue weighted by molar-refractivity contribution is 7.89. The zero-order valence-electron chi connectivity index (χ0n) is 12.7. The first-order chi connectivity index (χ1) is 11.0. The lowest BCUT2D eigenvalue weighted by molar-refractivity contribution is 0.0693. The summed E-state index contributed by atoms with van der Waals surface area (Å²) in [5.74, 6) is -0.140. The van der Waals surface area contributed by atoms with Crippen molar-refractivity contribution in [3.8, 4) is 0 Å². The molecule has 0 bridgehead atoms. The molecule has 1 amide bonds. The highest BCUT2D eigenvalue weighted by atomic mass is 32.2. The van der Waals surface area contributed by atoms with E-state index in [1.54, 1.807) is 40.9 Å². The van der Waals surface area contributed by atoms with Crippen LogP contribution >= 0.6 is 11.3 Å². The lowest BCUT2D eigenvalue weighted by Crippen LogP contribution is -2.50. The first kappa shape index (κ1) is 16.1. The Hall–Kier alpha value is -1.77. The molecule has 1 aliphatic heterocycles. The molecule has 0 spiro atoms. The zero-order valence-corrected chi connectivity index (χ0v) is 14.3. The molecule has 0 unspecified atom stereocenters. The molecule has 2 aromatic rings. The van der Waals surface area contributed by atoms with Gasteiger partial charge in [-0.05, 0) is 18.6 Å². The molecule has 0 N–H and O–H groups in total. The van der Waals surface area contributed by atoms with Crippen molar-refractivity contribution in [1.29, 1.82) is 0 Å². The third-order valence-electron chi connectivity index (χ3n) is 3.89. The zero-order chi connectivity index (χ0) is 16.4. The van der Waals surface area contributed by atoms with Crippen LogP contribution in [-0.2, 0) is 10.0 Å². The van der Waals surface area contributed by atoms with Crippen molar-refractivity contribution < 1.29 is 13.2 Å². The van der Waals surface area contributed by atoms with Gasteiger partial charge in [-0.15, -0.1) is 11.3 Å². The van der Waals surface area contributed by atoms with Crippen LogP contribution < -0.4 is 0 Å². The van der Waals surface area contributed by atoms with E-state index in [0.29, 0.717) is 36.8 Å². The first-order valence-corrected chi connectivity index (χ1v) is 9.61. The lowest BCUT2D eigenvalue weighted by atomic mass is 10.2. The minimum atomic E-state index is -3.51. The average Bonchev–Trinajstić information content (AvgIpc) is 3.09. The van der Waals surface area contributed by atoms with Crippen LogP contribution in [0.3, 0.4) is 0 Å². The van der Waals surface area contributed by atoms with Gasteiger partial charge in [-0.25, -0.2) is 13.4 Å². The number of sulfonamides is 1. The SMILES string of the molecule is Cc1ccccc1S(=O)(=O)N1CCN(C(=O)c2cscn2)CC1. The van der Waals surface area contributed by atoms with E-state index in [2.05, 4.69) is 4.98 Å². The third kappa shape index (κ3) is 3.15. The number of thiazole rings is 1. The van der Waals surface area contributed by atoms with Crippen LogP contribution in [0.1, 0.15) is 16.1 Å². The molecule has 0 aliphatic carbocycles. The van der Waals surface area contributed by atoms with Gasteiger partial charge in [-0.3, -0.25) is 4.79 Å². The predicted molar refractivity (Wildman–Crippen MR) is 88.0 cm³/mol. The van der Waals surface area contributed by atoms with Crippen LogP contribution in [-0.4, -0.2) is 54.7 Å². The van der Waals surface area contributed by atoms with Crippen LogP contribution in [0.5, 0.6) is 0 Å². The van der Waals surface area contributed by atoms with E-state index in [0.717, 1.165) is 5.56 Å². The van der Waals surface area contributed by atoms with Gasteiger partial charge in [0, 0.05) is 31.6 Å². The van der Waals surface area contributed by atoms with Gasteiger partial charge in [0.15, 0.2) is 0 Å². The Morgan fingerprint density at radius 3 is 2.48 bits per heavy atom. The Bertz CT molecular complexity index is 795. The van der Waals surface area contributed by atoms with Gasteiger partial charge < -0.3 is 4.90 Å². The highest BCUT2D eigenvalue weighted by Crippen LogP contribution is 2.21. The van der Waals surface area contributed by atoms with Crippen molar-refractivity contribution in [2.45, 2.75) is 11.8 Å². The molecule has 1 aromatic carbocycles. The van der Waals surface area contributed by atoms with Gasteiger partial charge >= 0.3 is 0 Å². The lowest BCUT2D eigenvalue weighted by Gasteiger charge is -2.33. The van der Waals surface area contributed by atoms with Crippen molar-refractivity contribution in [1.82, 2.24) is 14.2 Å². The standard InChI is InChI=1S/C15H17N3O3S2/c1-12-4-2-3-5-14(12)23(20,21)18-8-6-17(7-9-18)15(19)13-10-22-11-16-13/h2-5,10-11H,6-9H2,1H3. The van der Waals surface area contributed by atoms with Crippen LogP contribution in [0.2, 0.25) is 0 Å². The van der Waals surface area contributed by atoms with E-state index in [-0.39, 0.29) is 5.91 Å². The minimum absolute atomic E-state index is 0.140. The second-order valence-corrected chi connectivity index (χ2v) is 7.96. The number of aromatic nitrogens is 1. The van der Waals surface area contributed by atoms with Gasteiger partial charge in [-0.2, -0.15) is 4.31 Å². The molecule has 3 rings (SSSR count). The molecule has 2 heterocycles. The van der Waals surface area contributed by atoms with Gasteiger partial charge in [0.2, 0.25) is 10.0 Å². The molecule has 1 aromatic heterocycles. The van der Waals surface area contributed by atoms with E-state index < -0.39 is 10.0 Å². The second kappa shape index (κ2) is 6.38. The van der Waals surface area contributed by atoms with Crippen molar-refractivity contribution in [3.63, 3.8) is 0 Å². The summed E-state index contributed by atoms with van der Waals surface area (Å²) in [6.07, 6.45) is 0. The number of hydrogen-bond donors (Lipinski definition) is 0. The van der Waals surface area contributed by atoms with Crippen LogP contribution in [0.4, 0.5) is 0 Å². The fourth-order valence-electron chi connectivity index (χ4n) is 2.60. The Labute approximate surface area is 139 Å². The van der Waals surface area contributed by atoms with Crippen LogP contribution in [0.25, 0.3) is 0 Å². The number of benzene rings is 1. The summed E-state index contributed by atoms with van der Waals surface area (Å²) >= 11 is 1.37. The molecular formula is C15H17N3O3S2. The number of nitrogens with zero attached hydrogens (tertiary/aromatic N) is 3. The number of rotatable bonds is 3. The summed E-state index contributed by atoms with van der Waals surface area (Å²) in [5.41, 5.74) is 2.77. The van der Waals surface area contributed by atoms with Crippen molar-refractivity contribution in [2.24, 2.45) is 0 Å². The topological polar surface area (TPSA) is 70.6 Å². The summed E-state index contributed by atoms with van der Waals surface area (Å²) in [5, 5.41) is 1.71. The Morgan fingerprint density at radius 1 is 1.17 bits per heavy atom. The fraction of sp³-hybridized carbons (Fsp3) is 0.333. The monoisotopic (exact) mass is 351 g/mol. The number of amides is 1. The largest absolute Gasteiger partial charge is 0.335 e. The van der Waals surface area contributed by atoms with E-state index in [1.807, 2.05) is 6.07 Å². The highest BCUT2D eigenvalue weighted by Gasteiger charge is 2.31. The van der Waals surface area contributed by atoms with Gasteiger partial charge in [0.05, 0.1) is 10.4 Å². The van der Waals surface area contributed by atoms with Gasteiger partial charge in [0.25, 0.3) is 5.91 Å². The molecule has 8 heteroatoms. The molecule has 122 valence electrons. The molecule has 0 radical (unpaired) electrons. The number of hydrogen-bond acceptors (Lipinski definition) is 5. The van der Waals surface area contributed by atoms with Gasteiger partial charge in [0.1, 0.15) is 5.69 Å². The molecule has 23 heavy (non-hydrogen) atoms. The Kier molecular flexibility index (Phi) is 4.47. The quantitative estimate of drug-likeness (QED) is 0.842. The maximum atomic E-state index is 12.7. The molecule has 0 saturated carbocycles. The van der Waals surface area contributed by atoms with E-state index in [9.17, 15) is 13.2 Å². The normalized spacial score (nSPS) is 16.5. The first-order valence-electron chi connectivity index (χ1n) is 7.23. The average molecular weight is 351 g/mol. The smallest absolute Gasteiger partial charge is 0.273 e. The van der Waals surface area contributed by atoms with E-state index in [4.69, 9.17) is 0 Å². The van der Waals surface area contributed by atoms with Crippen LogP contribution in [0.15, 0.2) is 40.1 Å². The Balaban J connectivity index is 1.72. The summed E-state index contributed by atoms with van der Waals surface area (Å²) in [6.45, 7) is 3.14. The number of aryl methyl sites for hydroxylation is 1. The summed E-state index contributed by atoms with van der Waals surface area (Å²) < 4.78 is 26.9. The molecular weight excluding hydrogens is 334 g/mol. The minimum Gasteiger partial charge on any atom is -0.335 e. The number of piperazine rings is 1. The summed E-state index contributed by atoms with van der Waals surface area (Å²) in [6, 6.07) is 6.95. The fourth-order valence-corrected chi connectivity index (χ4v) is 4.77. The van der Waals surface area contributed by atoms with Crippen molar-refractivity contribution in [2.75, 3.05) is 26.2 Å². The molecule has 1 fully saturated rings. The number of carbonyl (C=O) groups is 1. The van der Waals surface area contributed by atoms with Crippen molar-refractivity contribution >= 4 is 27.3 Å². The summed E-state index contributed by atoms with van der Waals surface area (Å²) in [4.78, 5) is 18.2. The van der Waals surface area contributed by atoms with E-state index in [1.165, 1.54) is 15.6 Å². The van der Waals surface area contributed by atoms with Gasteiger partial charge in [-0.1, -0.05) is 18.2 Å². The predicted octanol–water partition coefficient (Wildman–Crippen LogP) is 1.60. The van der Waals surface area contributed by atoms with E-state index >= 15 is 0 Å². The Morgan fingerprint density at radius 2 is 1.87 bits per heavy atom. The molecule has 6 nitrogen and oxygen atoms in total. The molecule has 1 saturated heterocycles. The van der Waals surface area contributed by atoms with Crippen LogP contribution in [0, 0.1) is 6.92 Å². The maximum absolute atomic E-state index is 12.7. The second-order valence-electron chi connectivity index (χ2n) is 5.34. The van der Waals surface area contributed by atoms with Crippen molar-refractivity contribution in [3.05, 3.63) is 46.4 Å². The third-order valence-corrected chi connectivity index (χ3v) is 6.53. The molecule has 0 atom stereocenters. The maximum Gasteiger partial charge on any atom is 0.273 e. The number of carbonyl (C=O) groups excluding carboxylic acids is 1. The molecule has 1 aliphatic rings.